The van der Waals surface area contributed by atoms with Gasteiger partial charge in [-0.05, 0) is 28.3 Å². The minimum atomic E-state index is -0.188. The zero-order valence-electron chi connectivity index (χ0n) is 12.4. The van der Waals surface area contributed by atoms with E-state index < -0.39 is 0 Å². The second-order valence-electron chi connectivity index (χ2n) is 5.63. The molecule has 0 atom stereocenters. The van der Waals surface area contributed by atoms with Crippen molar-refractivity contribution in [3.63, 3.8) is 0 Å². The molecule has 3 aromatic rings. The topological polar surface area (TPSA) is 18.5 Å². The maximum Gasteiger partial charge on any atom is 0.184 e. The Hall–Kier alpha value is -2.16. The van der Waals surface area contributed by atoms with Crippen molar-refractivity contribution in [3.8, 4) is 0 Å². The number of hydrogen-bond donors (Lipinski definition) is 0. The molecule has 2 nitrogen and oxygen atoms in total. The van der Waals surface area contributed by atoms with Crippen LogP contribution in [0.2, 0.25) is 0 Å². The van der Waals surface area contributed by atoms with Gasteiger partial charge in [-0.1, -0.05) is 66.7 Å². The first-order chi connectivity index (χ1) is 10.9. The monoisotopic (exact) mass is 290 g/mol. The average Bonchev–Trinajstić information content (AvgIpc) is 3.10. The summed E-state index contributed by atoms with van der Waals surface area (Å²) in [5, 5.41) is 2.63. The molecule has 0 bridgehead atoms. The van der Waals surface area contributed by atoms with Crippen molar-refractivity contribution in [2.45, 2.75) is 12.7 Å². The summed E-state index contributed by atoms with van der Waals surface area (Å²) in [4.78, 5) is 0. The molecule has 1 saturated heterocycles. The maximum absolute atomic E-state index is 5.53. The van der Waals surface area contributed by atoms with E-state index in [1.807, 2.05) is 0 Å². The summed E-state index contributed by atoms with van der Waals surface area (Å²) < 4.78 is 11.1. The van der Waals surface area contributed by atoms with E-state index in [4.69, 9.17) is 9.47 Å². The molecule has 110 valence electrons. The number of benzene rings is 3. The van der Waals surface area contributed by atoms with Crippen molar-refractivity contribution in [2.24, 2.45) is 0 Å². The van der Waals surface area contributed by atoms with Crippen LogP contribution in [0.4, 0.5) is 0 Å². The van der Waals surface area contributed by atoms with Crippen LogP contribution in [0.1, 0.15) is 23.0 Å². The van der Waals surface area contributed by atoms with Crippen molar-refractivity contribution in [1.82, 2.24) is 0 Å². The third-order valence-corrected chi connectivity index (χ3v) is 4.15. The van der Waals surface area contributed by atoms with E-state index in [0.29, 0.717) is 13.2 Å². The average molecular weight is 290 g/mol. The fourth-order valence-electron chi connectivity index (χ4n) is 3.01. The van der Waals surface area contributed by atoms with E-state index in [1.54, 1.807) is 0 Å². The molecule has 0 saturated carbocycles. The Morgan fingerprint density at radius 3 is 2.32 bits per heavy atom. The van der Waals surface area contributed by atoms with Gasteiger partial charge in [-0.3, -0.25) is 0 Å². The van der Waals surface area contributed by atoms with Crippen molar-refractivity contribution < 1.29 is 9.47 Å². The Bertz CT molecular complexity index is 766. The van der Waals surface area contributed by atoms with Crippen LogP contribution >= 0.6 is 0 Å². The van der Waals surface area contributed by atoms with Gasteiger partial charge in [0.25, 0.3) is 0 Å². The van der Waals surface area contributed by atoms with Crippen molar-refractivity contribution in [3.05, 3.63) is 83.4 Å². The number of fused-ring (bicyclic) bond motifs is 1. The van der Waals surface area contributed by atoms with E-state index in [0.717, 1.165) is 12.0 Å². The minimum absolute atomic E-state index is 0.188. The largest absolute Gasteiger partial charge is 0.346 e. The van der Waals surface area contributed by atoms with Gasteiger partial charge in [0.15, 0.2) is 6.29 Å². The second kappa shape index (κ2) is 5.91. The molecule has 1 heterocycles. The van der Waals surface area contributed by atoms with E-state index in [1.165, 1.54) is 21.9 Å². The van der Waals surface area contributed by atoms with Crippen LogP contribution in [0.15, 0.2) is 66.7 Å². The lowest BCUT2D eigenvalue weighted by Crippen LogP contribution is -1.98. The predicted octanol–water partition coefficient (Wildman–Crippen LogP) is 4.48. The van der Waals surface area contributed by atoms with Gasteiger partial charge in [-0.15, -0.1) is 0 Å². The van der Waals surface area contributed by atoms with Crippen LogP contribution in [0.5, 0.6) is 0 Å². The minimum Gasteiger partial charge on any atom is -0.346 e. The molecular formula is C20H18O2. The lowest BCUT2D eigenvalue weighted by atomic mass is 9.98. The predicted molar refractivity (Wildman–Crippen MR) is 87.8 cm³/mol. The van der Waals surface area contributed by atoms with E-state index >= 15 is 0 Å². The zero-order chi connectivity index (χ0) is 14.8. The van der Waals surface area contributed by atoms with Gasteiger partial charge in [-0.2, -0.15) is 0 Å². The summed E-state index contributed by atoms with van der Waals surface area (Å²) in [6.07, 6.45) is 0.750. The Kier molecular flexibility index (Phi) is 3.63. The highest BCUT2D eigenvalue weighted by Crippen LogP contribution is 2.25. The summed E-state index contributed by atoms with van der Waals surface area (Å²) in [5.74, 6) is 0. The first-order valence-electron chi connectivity index (χ1n) is 7.69. The summed E-state index contributed by atoms with van der Waals surface area (Å²) in [5.41, 5.74) is 3.76. The van der Waals surface area contributed by atoms with Crippen LogP contribution < -0.4 is 0 Å². The van der Waals surface area contributed by atoms with E-state index in [9.17, 15) is 0 Å². The van der Waals surface area contributed by atoms with Crippen molar-refractivity contribution >= 4 is 10.8 Å². The highest BCUT2D eigenvalue weighted by atomic mass is 16.7. The van der Waals surface area contributed by atoms with Crippen LogP contribution in [-0.2, 0) is 15.9 Å². The highest BCUT2D eigenvalue weighted by molar-refractivity contribution is 5.85. The third-order valence-electron chi connectivity index (χ3n) is 4.15. The molecule has 2 heteroatoms. The van der Waals surface area contributed by atoms with Crippen LogP contribution in [-0.4, -0.2) is 13.2 Å². The summed E-state index contributed by atoms with van der Waals surface area (Å²) in [6.45, 7) is 1.37. The van der Waals surface area contributed by atoms with Crippen molar-refractivity contribution in [1.29, 1.82) is 0 Å². The van der Waals surface area contributed by atoms with Crippen molar-refractivity contribution in [2.75, 3.05) is 13.2 Å². The van der Waals surface area contributed by atoms with Gasteiger partial charge in [0.2, 0.25) is 0 Å². The quantitative estimate of drug-likeness (QED) is 0.708. The Morgan fingerprint density at radius 1 is 0.773 bits per heavy atom. The molecule has 0 aliphatic carbocycles. The molecule has 1 aliphatic rings. The highest BCUT2D eigenvalue weighted by Gasteiger charge is 2.17. The van der Waals surface area contributed by atoms with E-state index in [2.05, 4.69) is 66.7 Å². The molecule has 0 radical (unpaired) electrons. The van der Waals surface area contributed by atoms with Gasteiger partial charge in [0, 0.05) is 5.56 Å². The van der Waals surface area contributed by atoms with Gasteiger partial charge in [0.1, 0.15) is 0 Å². The molecule has 0 unspecified atom stereocenters. The first-order valence-corrected chi connectivity index (χ1v) is 7.69. The molecular weight excluding hydrogens is 272 g/mol. The molecule has 1 aliphatic heterocycles. The Morgan fingerprint density at radius 2 is 1.50 bits per heavy atom. The Balaban J connectivity index is 1.59. The van der Waals surface area contributed by atoms with E-state index in [-0.39, 0.29) is 6.29 Å². The van der Waals surface area contributed by atoms with Gasteiger partial charge >= 0.3 is 0 Å². The smallest absolute Gasteiger partial charge is 0.184 e. The third kappa shape index (κ3) is 2.63. The SMILES string of the molecule is c1ccc2c(Cc3ccc(C4OCCO4)cc3)cccc2c1. The molecule has 4 rings (SSSR count). The standard InChI is InChI=1S/C20H18O2/c1-2-7-19-16(4-1)5-3-6-18(19)14-15-8-10-17(11-9-15)20-21-12-13-22-20/h1-11,20H,12-14H2. The number of ether oxygens (including phenoxy) is 2. The molecule has 0 amide bonds. The molecule has 0 N–H and O–H groups in total. The Labute approximate surface area is 130 Å². The van der Waals surface area contributed by atoms with Gasteiger partial charge < -0.3 is 9.47 Å². The molecule has 0 aromatic heterocycles. The lowest BCUT2D eigenvalue weighted by Gasteiger charge is -2.11. The summed E-state index contributed by atoms with van der Waals surface area (Å²) in [7, 11) is 0. The summed E-state index contributed by atoms with van der Waals surface area (Å²) in [6, 6.07) is 23.6. The summed E-state index contributed by atoms with van der Waals surface area (Å²) >= 11 is 0. The van der Waals surface area contributed by atoms with Gasteiger partial charge in [-0.25, -0.2) is 0 Å². The number of hydrogen-bond acceptors (Lipinski definition) is 2. The molecule has 1 fully saturated rings. The molecule has 22 heavy (non-hydrogen) atoms. The lowest BCUT2D eigenvalue weighted by molar-refractivity contribution is -0.0441. The van der Waals surface area contributed by atoms with Crippen LogP contribution in [0, 0.1) is 0 Å². The number of rotatable bonds is 3. The van der Waals surface area contributed by atoms with Crippen LogP contribution in [0.3, 0.4) is 0 Å². The fraction of sp³-hybridized carbons (Fsp3) is 0.200. The van der Waals surface area contributed by atoms with Crippen LogP contribution in [0.25, 0.3) is 10.8 Å². The molecule has 0 spiro atoms. The second-order valence-corrected chi connectivity index (χ2v) is 5.63. The zero-order valence-corrected chi connectivity index (χ0v) is 12.4. The van der Waals surface area contributed by atoms with Gasteiger partial charge in [0.05, 0.1) is 13.2 Å². The maximum atomic E-state index is 5.53. The first kappa shape index (κ1) is 13.5. The normalized spacial score (nSPS) is 15.5. The fourth-order valence-corrected chi connectivity index (χ4v) is 3.01. The molecule has 3 aromatic carbocycles.